The van der Waals surface area contributed by atoms with Crippen LogP contribution < -0.4 is 5.32 Å². The standard InChI is InChI=1S/C20H26N4O4/c1-3-13(2)17(19(26)27)22-20(28)24-10-8-23(9-11-24)18(25)16-12-14-6-4-5-7-15(14)21-16/h4-7,12-13,17,21H,3,8-11H2,1-2H3,(H,22,28)(H,26,27)/t13?,17-/m0/s1. The predicted molar refractivity (Wildman–Crippen MR) is 105 cm³/mol. The number of carbonyl (C=O) groups excluding carboxylic acids is 2. The van der Waals surface area contributed by atoms with Crippen LogP contribution in [0.2, 0.25) is 0 Å². The number of amides is 3. The number of hydrogen-bond donors (Lipinski definition) is 3. The van der Waals surface area contributed by atoms with Crippen molar-refractivity contribution < 1.29 is 19.5 Å². The molecule has 1 aliphatic heterocycles. The molecule has 0 aliphatic carbocycles. The molecule has 3 N–H and O–H groups in total. The lowest BCUT2D eigenvalue weighted by Crippen LogP contribution is -2.56. The number of aliphatic carboxylic acids is 1. The van der Waals surface area contributed by atoms with Gasteiger partial charge in [-0.15, -0.1) is 0 Å². The van der Waals surface area contributed by atoms with Crippen LogP contribution in [-0.2, 0) is 4.79 Å². The minimum atomic E-state index is -1.03. The van der Waals surface area contributed by atoms with Gasteiger partial charge in [-0.2, -0.15) is 0 Å². The quantitative estimate of drug-likeness (QED) is 0.732. The van der Waals surface area contributed by atoms with Crippen molar-refractivity contribution in [2.75, 3.05) is 26.2 Å². The summed E-state index contributed by atoms with van der Waals surface area (Å²) >= 11 is 0. The van der Waals surface area contributed by atoms with Crippen molar-refractivity contribution in [3.8, 4) is 0 Å². The number of benzene rings is 1. The van der Waals surface area contributed by atoms with E-state index in [-0.39, 0.29) is 11.8 Å². The Morgan fingerprint density at radius 2 is 1.79 bits per heavy atom. The molecular weight excluding hydrogens is 360 g/mol. The van der Waals surface area contributed by atoms with Crippen LogP contribution in [0.5, 0.6) is 0 Å². The number of piperazine rings is 1. The summed E-state index contributed by atoms with van der Waals surface area (Å²) in [5.74, 6) is -1.29. The van der Waals surface area contributed by atoms with Crippen molar-refractivity contribution in [2.24, 2.45) is 5.92 Å². The summed E-state index contributed by atoms with van der Waals surface area (Å²) in [7, 11) is 0. The van der Waals surface area contributed by atoms with Crippen molar-refractivity contribution in [3.05, 3.63) is 36.0 Å². The number of carboxylic acid groups (broad SMARTS) is 1. The number of hydrogen-bond acceptors (Lipinski definition) is 3. The lowest BCUT2D eigenvalue weighted by Gasteiger charge is -2.35. The van der Waals surface area contributed by atoms with E-state index in [0.717, 1.165) is 10.9 Å². The number of urea groups is 1. The van der Waals surface area contributed by atoms with E-state index in [1.165, 1.54) is 0 Å². The molecule has 2 heterocycles. The van der Waals surface area contributed by atoms with Gasteiger partial charge in [0.25, 0.3) is 5.91 Å². The fourth-order valence-corrected chi connectivity index (χ4v) is 3.38. The Balaban J connectivity index is 1.58. The molecule has 0 saturated carbocycles. The molecule has 1 unspecified atom stereocenters. The summed E-state index contributed by atoms with van der Waals surface area (Å²) in [4.78, 5) is 43.0. The molecule has 3 amide bonds. The monoisotopic (exact) mass is 386 g/mol. The number of fused-ring (bicyclic) bond motifs is 1. The second-order valence-corrected chi connectivity index (χ2v) is 7.20. The van der Waals surface area contributed by atoms with Gasteiger partial charge in [-0.3, -0.25) is 4.79 Å². The van der Waals surface area contributed by atoms with E-state index in [2.05, 4.69) is 10.3 Å². The van der Waals surface area contributed by atoms with Crippen LogP contribution in [0.15, 0.2) is 30.3 Å². The second-order valence-electron chi connectivity index (χ2n) is 7.20. The number of nitrogens with zero attached hydrogens (tertiary/aromatic N) is 2. The molecule has 1 saturated heterocycles. The molecule has 8 nitrogen and oxygen atoms in total. The first-order valence-electron chi connectivity index (χ1n) is 9.56. The lowest BCUT2D eigenvalue weighted by atomic mass is 9.99. The van der Waals surface area contributed by atoms with Crippen LogP contribution in [0.4, 0.5) is 4.79 Å². The normalized spacial score (nSPS) is 16.6. The third-order valence-corrected chi connectivity index (χ3v) is 5.37. The van der Waals surface area contributed by atoms with Gasteiger partial charge in [0.2, 0.25) is 0 Å². The van der Waals surface area contributed by atoms with E-state index in [1.54, 1.807) is 16.7 Å². The van der Waals surface area contributed by atoms with E-state index in [1.807, 2.05) is 37.3 Å². The summed E-state index contributed by atoms with van der Waals surface area (Å²) in [6.45, 7) is 5.23. The fraction of sp³-hybridized carbons (Fsp3) is 0.450. The van der Waals surface area contributed by atoms with E-state index < -0.39 is 18.0 Å². The van der Waals surface area contributed by atoms with Crippen LogP contribution in [0.3, 0.4) is 0 Å². The minimum Gasteiger partial charge on any atom is -0.480 e. The van der Waals surface area contributed by atoms with E-state index in [4.69, 9.17) is 0 Å². The van der Waals surface area contributed by atoms with Crippen molar-refractivity contribution in [1.29, 1.82) is 0 Å². The largest absolute Gasteiger partial charge is 0.480 e. The Kier molecular flexibility index (Phi) is 5.87. The summed E-state index contributed by atoms with van der Waals surface area (Å²) in [6.07, 6.45) is 0.657. The number of carbonyl (C=O) groups is 3. The molecule has 2 atom stereocenters. The van der Waals surface area contributed by atoms with Crippen LogP contribution in [0.25, 0.3) is 10.9 Å². The summed E-state index contributed by atoms with van der Waals surface area (Å²) < 4.78 is 0. The van der Waals surface area contributed by atoms with Gasteiger partial charge in [0.15, 0.2) is 0 Å². The first-order valence-corrected chi connectivity index (χ1v) is 9.56. The van der Waals surface area contributed by atoms with E-state index >= 15 is 0 Å². The summed E-state index contributed by atoms with van der Waals surface area (Å²) in [5, 5.41) is 12.9. The van der Waals surface area contributed by atoms with Crippen molar-refractivity contribution in [3.63, 3.8) is 0 Å². The molecule has 3 rings (SSSR count). The number of carboxylic acids is 1. The first kappa shape index (κ1) is 19.7. The lowest BCUT2D eigenvalue weighted by molar-refractivity contribution is -0.140. The molecule has 8 heteroatoms. The van der Waals surface area contributed by atoms with Crippen molar-refractivity contribution in [1.82, 2.24) is 20.1 Å². The van der Waals surface area contributed by atoms with Crippen molar-refractivity contribution in [2.45, 2.75) is 26.3 Å². The number of H-pyrrole nitrogens is 1. The zero-order valence-electron chi connectivity index (χ0n) is 16.1. The molecule has 1 aromatic carbocycles. The SMILES string of the molecule is CCC(C)[C@H](NC(=O)N1CCN(C(=O)c2cc3ccccc3[nH]2)CC1)C(=O)O. The molecule has 1 aliphatic rings. The highest BCUT2D eigenvalue weighted by atomic mass is 16.4. The van der Waals surface area contributed by atoms with Gasteiger partial charge in [0.1, 0.15) is 11.7 Å². The maximum atomic E-state index is 12.7. The maximum absolute atomic E-state index is 12.7. The zero-order valence-corrected chi connectivity index (χ0v) is 16.1. The highest BCUT2D eigenvalue weighted by molar-refractivity contribution is 5.98. The smallest absolute Gasteiger partial charge is 0.326 e. The Bertz CT molecular complexity index is 837. The van der Waals surface area contributed by atoms with Gasteiger partial charge >= 0.3 is 12.0 Å². The molecular formula is C20H26N4O4. The third kappa shape index (κ3) is 4.11. The molecule has 1 fully saturated rings. The van der Waals surface area contributed by atoms with Crippen molar-refractivity contribution >= 4 is 28.8 Å². The van der Waals surface area contributed by atoms with Crippen LogP contribution >= 0.6 is 0 Å². The highest BCUT2D eigenvalue weighted by Gasteiger charge is 2.30. The third-order valence-electron chi connectivity index (χ3n) is 5.37. The maximum Gasteiger partial charge on any atom is 0.326 e. The van der Waals surface area contributed by atoms with Gasteiger partial charge in [-0.05, 0) is 18.1 Å². The molecule has 0 radical (unpaired) electrons. The number of para-hydroxylation sites is 1. The summed E-state index contributed by atoms with van der Waals surface area (Å²) in [6, 6.07) is 8.22. The van der Waals surface area contributed by atoms with Gasteiger partial charge < -0.3 is 25.2 Å². The molecule has 1 aromatic heterocycles. The summed E-state index contributed by atoms with van der Waals surface area (Å²) in [5.41, 5.74) is 1.44. The minimum absolute atomic E-state index is 0.0979. The average molecular weight is 386 g/mol. The molecule has 2 aromatic rings. The highest BCUT2D eigenvalue weighted by Crippen LogP contribution is 2.17. The van der Waals surface area contributed by atoms with Gasteiger partial charge in [0.05, 0.1) is 0 Å². The molecule has 150 valence electrons. The fourth-order valence-electron chi connectivity index (χ4n) is 3.38. The van der Waals surface area contributed by atoms with Crippen LogP contribution in [-0.4, -0.2) is 70.0 Å². The number of aromatic nitrogens is 1. The topological polar surface area (TPSA) is 106 Å². The Hall–Kier alpha value is -3.03. The molecule has 0 bridgehead atoms. The Morgan fingerprint density at radius 3 is 2.39 bits per heavy atom. The van der Waals surface area contributed by atoms with Gasteiger partial charge in [0, 0.05) is 37.1 Å². The molecule has 28 heavy (non-hydrogen) atoms. The predicted octanol–water partition coefficient (Wildman–Crippen LogP) is 2.13. The van der Waals surface area contributed by atoms with E-state index in [9.17, 15) is 19.5 Å². The second kappa shape index (κ2) is 8.33. The Morgan fingerprint density at radius 1 is 1.14 bits per heavy atom. The average Bonchev–Trinajstić information content (AvgIpc) is 3.14. The molecule has 0 spiro atoms. The number of rotatable bonds is 5. The van der Waals surface area contributed by atoms with Gasteiger partial charge in [-0.1, -0.05) is 38.5 Å². The van der Waals surface area contributed by atoms with Gasteiger partial charge in [-0.25, -0.2) is 9.59 Å². The van der Waals surface area contributed by atoms with Crippen LogP contribution in [0, 0.1) is 5.92 Å². The number of nitrogens with one attached hydrogen (secondary N) is 2. The van der Waals surface area contributed by atoms with E-state index in [0.29, 0.717) is 38.3 Å². The number of aromatic amines is 1. The zero-order chi connectivity index (χ0) is 20.3. The first-order chi connectivity index (χ1) is 13.4. The van der Waals surface area contributed by atoms with Crippen LogP contribution in [0.1, 0.15) is 30.8 Å². The Labute approximate surface area is 163 Å².